The first-order valence-electron chi connectivity index (χ1n) is 12.3. The summed E-state index contributed by atoms with van der Waals surface area (Å²) in [5.41, 5.74) is 4.47. The molecule has 0 saturated carbocycles. The minimum Gasteiger partial charge on any atom is -0.354 e. The first-order chi connectivity index (χ1) is 16.9. The topological polar surface area (TPSA) is 49.4 Å². The lowest BCUT2D eigenvalue weighted by molar-refractivity contribution is -0.140. The van der Waals surface area contributed by atoms with Crippen molar-refractivity contribution in [1.29, 1.82) is 0 Å². The third-order valence-corrected chi connectivity index (χ3v) is 6.33. The van der Waals surface area contributed by atoms with Crippen molar-refractivity contribution in [3.8, 4) is 0 Å². The molecular formula is C30H35FN2O2. The highest BCUT2D eigenvalue weighted by Gasteiger charge is 2.30. The van der Waals surface area contributed by atoms with Crippen LogP contribution in [0.2, 0.25) is 0 Å². The molecule has 3 aromatic carbocycles. The highest BCUT2D eigenvalue weighted by atomic mass is 19.1. The van der Waals surface area contributed by atoms with E-state index in [4.69, 9.17) is 0 Å². The summed E-state index contributed by atoms with van der Waals surface area (Å²) in [6.45, 7) is 6.67. The van der Waals surface area contributed by atoms with Crippen molar-refractivity contribution in [2.45, 2.75) is 59.0 Å². The smallest absolute Gasteiger partial charge is 0.243 e. The van der Waals surface area contributed by atoms with Gasteiger partial charge >= 0.3 is 0 Å². The molecule has 0 aliphatic rings. The molecule has 0 aliphatic heterocycles. The van der Waals surface area contributed by atoms with Crippen molar-refractivity contribution in [3.63, 3.8) is 0 Å². The van der Waals surface area contributed by atoms with Gasteiger partial charge in [0.25, 0.3) is 0 Å². The van der Waals surface area contributed by atoms with E-state index >= 15 is 0 Å². The molecule has 1 unspecified atom stereocenters. The second-order valence-electron chi connectivity index (χ2n) is 9.06. The van der Waals surface area contributed by atoms with E-state index in [1.54, 1.807) is 23.1 Å². The summed E-state index contributed by atoms with van der Waals surface area (Å²) in [5, 5.41) is 2.99. The zero-order valence-electron chi connectivity index (χ0n) is 20.9. The van der Waals surface area contributed by atoms with Crippen LogP contribution in [-0.4, -0.2) is 29.3 Å². The van der Waals surface area contributed by atoms with Crippen molar-refractivity contribution in [2.24, 2.45) is 0 Å². The number of carbonyl (C=O) groups is 2. The molecule has 35 heavy (non-hydrogen) atoms. The maximum Gasteiger partial charge on any atom is 0.243 e. The molecule has 4 nitrogen and oxygen atoms in total. The Morgan fingerprint density at radius 1 is 0.914 bits per heavy atom. The van der Waals surface area contributed by atoms with E-state index in [2.05, 4.69) is 12.2 Å². The molecule has 184 valence electrons. The van der Waals surface area contributed by atoms with Crippen LogP contribution in [0, 0.1) is 19.7 Å². The Balaban J connectivity index is 1.96. The fraction of sp³-hybridized carbons (Fsp3) is 0.333. The Hall–Kier alpha value is -3.47. The molecule has 1 atom stereocenters. The number of amides is 2. The number of nitrogens with one attached hydrogen (secondary N) is 1. The standard InChI is InChI=1S/C30H35FN2O2/c1-4-5-17-32-30(35)28(19-24-11-7-6-8-12-24)33(21-26-13-9-10-14-27(26)31)29(34)20-25-16-15-22(2)23(3)18-25/h6-16,18,28H,4-5,17,19-21H2,1-3H3,(H,32,35). The molecule has 0 heterocycles. The Morgan fingerprint density at radius 3 is 2.31 bits per heavy atom. The van der Waals surface area contributed by atoms with Crippen LogP contribution in [-0.2, 0) is 29.0 Å². The molecular weight excluding hydrogens is 439 g/mol. The zero-order chi connectivity index (χ0) is 25.2. The van der Waals surface area contributed by atoms with Crippen LogP contribution in [0.5, 0.6) is 0 Å². The van der Waals surface area contributed by atoms with E-state index in [1.807, 2.05) is 62.4 Å². The van der Waals surface area contributed by atoms with Gasteiger partial charge in [-0.15, -0.1) is 0 Å². The molecule has 0 fully saturated rings. The van der Waals surface area contributed by atoms with Crippen LogP contribution in [0.1, 0.15) is 47.6 Å². The number of aryl methyl sites for hydroxylation is 2. The van der Waals surface area contributed by atoms with Crippen molar-refractivity contribution in [2.75, 3.05) is 6.54 Å². The summed E-state index contributed by atoms with van der Waals surface area (Å²) in [5.74, 6) is -0.809. The Labute approximate surface area is 208 Å². The van der Waals surface area contributed by atoms with Gasteiger partial charge < -0.3 is 10.2 Å². The average Bonchev–Trinajstić information content (AvgIpc) is 2.85. The van der Waals surface area contributed by atoms with Gasteiger partial charge in [0.05, 0.1) is 6.42 Å². The normalized spacial score (nSPS) is 11.7. The second-order valence-corrected chi connectivity index (χ2v) is 9.06. The van der Waals surface area contributed by atoms with Crippen molar-refractivity contribution >= 4 is 11.8 Å². The van der Waals surface area contributed by atoms with Crippen LogP contribution < -0.4 is 5.32 Å². The Bertz CT molecular complexity index is 1130. The predicted molar refractivity (Wildman–Crippen MR) is 138 cm³/mol. The predicted octanol–water partition coefficient (Wildman–Crippen LogP) is 5.54. The second kappa shape index (κ2) is 12.8. The number of hydrogen-bond acceptors (Lipinski definition) is 2. The van der Waals surface area contributed by atoms with E-state index in [0.29, 0.717) is 18.5 Å². The van der Waals surface area contributed by atoms with E-state index in [1.165, 1.54) is 6.07 Å². The van der Waals surface area contributed by atoms with E-state index in [-0.39, 0.29) is 30.6 Å². The summed E-state index contributed by atoms with van der Waals surface area (Å²) < 4.78 is 14.6. The van der Waals surface area contributed by atoms with E-state index < -0.39 is 6.04 Å². The molecule has 1 N–H and O–H groups in total. The summed E-state index contributed by atoms with van der Waals surface area (Å²) >= 11 is 0. The lowest BCUT2D eigenvalue weighted by Crippen LogP contribution is -2.51. The van der Waals surface area contributed by atoms with Gasteiger partial charge in [0.15, 0.2) is 0 Å². The Kier molecular flexibility index (Phi) is 9.59. The van der Waals surface area contributed by atoms with Crippen LogP contribution in [0.25, 0.3) is 0 Å². The number of halogens is 1. The third kappa shape index (κ3) is 7.51. The highest BCUT2D eigenvalue weighted by molar-refractivity contribution is 5.88. The van der Waals surface area contributed by atoms with Crippen molar-refractivity contribution in [3.05, 3.63) is 106 Å². The minimum absolute atomic E-state index is 0.0229. The number of benzene rings is 3. The van der Waals surface area contributed by atoms with Crippen LogP contribution in [0.4, 0.5) is 4.39 Å². The maximum absolute atomic E-state index is 14.6. The van der Waals surface area contributed by atoms with Crippen molar-refractivity contribution in [1.82, 2.24) is 10.2 Å². The fourth-order valence-electron chi connectivity index (χ4n) is 4.06. The van der Waals surface area contributed by atoms with Gasteiger partial charge in [-0.1, -0.05) is 80.1 Å². The molecule has 3 aromatic rings. The lowest BCUT2D eigenvalue weighted by atomic mass is 10.00. The first-order valence-corrected chi connectivity index (χ1v) is 12.3. The van der Waals surface area contributed by atoms with Crippen LogP contribution >= 0.6 is 0 Å². The lowest BCUT2D eigenvalue weighted by Gasteiger charge is -2.32. The molecule has 0 aliphatic carbocycles. The molecule has 0 bridgehead atoms. The number of nitrogens with zero attached hydrogens (tertiary/aromatic N) is 1. The van der Waals surface area contributed by atoms with Gasteiger partial charge in [0.2, 0.25) is 11.8 Å². The summed E-state index contributed by atoms with van der Waals surface area (Å²) in [6, 6.07) is 21.2. The highest BCUT2D eigenvalue weighted by Crippen LogP contribution is 2.19. The zero-order valence-corrected chi connectivity index (χ0v) is 20.9. The number of unbranched alkanes of at least 4 members (excludes halogenated alkanes) is 1. The van der Waals surface area contributed by atoms with Gasteiger partial charge in [-0.2, -0.15) is 0 Å². The Morgan fingerprint density at radius 2 is 1.63 bits per heavy atom. The summed E-state index contributed by atoms with van der Waals surface area (Å²) in [4.78, 5) is 28.7. The number of rotatable bonds is 11. The number of hydrogen-bond donors (Lipinski definition) is 1. The summed E-state index contributed by atoms with van der Waals surface area (Å²) in [7, 11) is 0. The summed E-state index contributed by atoms with van der Waals surface area (Å²) in [6.07, 6.45) is 2.30. The monoisotopic (exact) mass is 474 g/mol. The van der Waals surface area contributed by atoms with Gasteiger partial charge in [0, 0.05) is 25.1 Å². The van der Waals surface area contributed by atoms with Gasteiger partial charge in [-0.05, 0) is 48.6 Å². The number of carbonyl (C=O) groups excluding carboxylic acids is 2. The van der Waals surface area contributed by atoms with Gasteiger partial charge in [0.1, 0.15) is 11.9 Å². The van der Waals surface area contributed by atoms with Gasteiger partial charge in [-0.3, -0.25) is 9.59 Å². The van der Waals surface area contributed by atoms with Crippen LogP contribution in [0.3, 0.4) is 0 Å². The van der Waals surface area contributed by atoms with Gasteiger partial charge in [-0.25, -0.2) is 4.39 Å². The van der Waals surface area contributed by atoms with E-state index in [9.17, 15) is 14.0 Å². The van der Waals surface area contributed by atoms with Crippen molar-refractivity contribution < 1.29 is 14.0 Å². The molecule has 2 amide bonds. The molecule has 5 heteroatoms. The average molecular weight is 475 g/mol. The van der Waals surface area contributed by atoms with E-state index in [0.717, 1.165) is 35.1 Å². The molecule has 3 rings (SSSR count). The molecule has 0 aromatic heterocycles. The SMILES string of the molecule is CCCCNC(=O)C(Cc1ccccc1)N(Cc1ccccc1F)C(=O)Cc1ccc(C)c(C)c1. The molecule has 0 spiro atoms. The fourth-order valence-corrected chi connectivity index (χ4v) is 4.06. The molecule has 0 saturated heterocycles. The molecule has 0 radical (unpaired) electrons. The quantitative estimate of drug-likeness (QED) is 0.371. The first kappa shape index (κ1) is 26.1. The largest absolute Gasteiger partial charge is 0.354 e. The minimum atomic E-state index is -0.757. The maximum atomic E-state index is 14.6. The third-order valence-electron chi connectivity index (χ3n) is 6.33. The van der Waals surface area contributed by atoms with Crippen LogP contribution in [0.15, 0.2) is 72.8 Å².